The number of hydrogen-bond donors (Lipinski definition) is 0. The third-order valence-electron chi connectivity index (χ3n) is 28.9. The molecule has 0 saturated carbocycles. The van der Waals surface area contributed by atoms with Crippen molar-refractivity contribution in [3.63, 3.8) is 0 Å². The summed E-state index contributed by atoms with van der Waals surface area (Å²) < 4.78 is 57.1. The third kappa shape index (κ3) is 13.7. The number of hydrogen-bond acceptors (Lipinski definition) is 7. The highest BCUT2D eigenvalue weighted by atomic mass is 31.2. The molecule has 0 N–H and O–H groups in total. The van der Waals surface area contributed by atoms with Gasteiger partial charge in [0.1, 0.15) is 23.3 Å². The van der Waals surface area contributed by atoms with Crippen molar-refractivity contribution < 1.29 is 13.7 Å². The molecular weight excluding hydrogens is 1790 g/mol. The Balaban J connectivity index is 0.000000109. The summed E-state index contributed by atoms with van der Waals surface area (Å²) in [5.41, 5.74) is 25.3. The van der Waals surface area contributed by atoms with Crippen LogP contribution in [0.5, 0.6) is 0 Å². The van der Waals surface area contributed by atoms with Crippen LogP contribution in [-0.2, 0) is 33.0 Å². The van der Waals surface area contributed by atoms with Crippen LogP contribution in [0.1, 0.15) is 38.2 Å². The maximum atomic E-state index is 16.3. The van der Waals surface area contributed by atoms with E-state index >= 15 is 13.7 Å². The molecule has 676 valence electrons. The molecule has 14 heteroatoms. The molecule has 0 spiro atoms. The Morgan fingerprint density at radius 2 is 0.500 bits per heavy atom. The Morgan fingerprint density at radius 3 is 0.901 bits per heavy atom. The highest BCUT2D eigenvalue weighted by molar-refractivity contribution is 7.87. The second-order valence-corrected chi connectivity index (χ2v) is 44.9. The van der Waals surface area contributed by atoms with Crippen molar-refractivity contribution >= 4 is 156 Å². The average Bonchev–Trinajstić information content (AvgIpc) is 1.40. The van der Waals surface area contributed by atoms with Crippen molar-refractivity contribution in [3.8, 4) is 101 Å². The zero-order valence-corrected chi connectivity index (χ0v) is 80.8. The quantitative estimate of drug-likeness (QED) is 0.0994. The van der Waals surface area contributed by atoms with Gasteiger partial charge in [-0.25, -0.2) is 19.9 Å². The Kier molecular flexibility index (Phi) is 20.7. The van der Waals surface area contributed by atoms with Crippen LogP contribution in [0, 0.1) is 0 Å². The molecule has 0 saturated heterocycles. The molecule has 3 aliphatic rings. The van der Waals surface area contributed by atoms with E-state index in [-0.39, 0.29) is 0 Å². The minimum absolute atomic E-state index is 0.761. The summed E-state index contributed by atoms with van der Waals surface area (Å²) >= 11 is 0. The summed E-state index contributed by atoms with van der Waals surface area (Å²) in [5.74, 6) is 3.80. The highest BCUT2D eigenvalue weighted by Gasteiger charge is 2.46. The maximum Gasteiger partial charge on any atom is 0.175 e. The van der Waals surface area contributed by atoms with Gasteiger partial charge in [-0.15, -0.1) is 0 Å². The fourth-order valence-corrected chi connectivity index (χ4v) is 31.9. The van der Waals surface area contributed by atoms with Crippen LogP contribution >= 0.6 is 21.4 Å². The average molecular weight is 1880 g/mol. The molecule has 0 fully saturated rings. The van der Waals surface area contributed by atoms with Crippen molar-refractivity contribution in [3.05, 3.63) is 479 Å². The van der Waals surface area contributed by atoms with Gasteiger partial charge in [0.2, 0.25) is 0 Å². The van der Waals surface area contributed by atoms with E-state index in [1.807, 2.05) is 152 Å². The van der Waals surface area contributed by atoms with Crippen LogP contribution in [0.2, 0.25) is 0 Å². The predicted molar refractivity (Wildman–Crippen MR) is 593 cm³/mol. The largest absolute Gasteiger partial charge is 0.308 e. The lowest BCUT2D eigenvalue weighted by atomic mass is 9.91. The SMILES string of the molecule is CCc1nc2ccc(-c3cc(-c4ccc5ccccc5c4)cc(-c4ccc5ccccc5c4)c3)c3c2n1-c1ccccc1P3(=O)c1ccccc1.CCc1nc2ccc(-c3ccc(-c4nc5ccccc5n4-c4ccccc4)cc3)c3c2n1-c1ccccc1P3(=O)c1ccccc1.CCc1nc2ccc(-c3ccc4cc(-c5ccc6ccccc6c5)ccc4c3)c3c2n1-c1ccccc1P3(=O)c1ccccc1. The van der Waals surface area contributed by atoms with E-state index in [9.17, 15) is 0 Å². The molecule has 0 aliphatic carbocycles. The number of imidazole rings is 4. The van der Waals surface area contributed by atoms with Crippen LogP contribution in [0.3, 0.4) is 0 Å². The summed E-state index contributed by atoms with van der Waals surface area (Å²) in [4.78, 5) is 20.3. The Labute approximate surface area is 821 Å². The molecule has 3 unspecified atom stereocenters. The number of rotatable bonds is 14. The number of aromatic nitrogens is 8. The molecule has 21 aromatic carbocycles. The smallest absolute Gasteiger partial charge is 0.175 e. The molecule has 0 amide bonds. The Hall–Kier alpha value is -16.8. The van der Waals surface area contributed by atoms with Gasteiger partial charge in [-0.1, -0.05) is 354 Å². The number of aryl methyl sites for hydroxylation is 3. The second-order valence-electron chi connectivity index (χ2n) is 36.9. The monoisotopic (exact) mass is 1880 g/mol. The fourth-order valence-electron chi connectivity index (χ4n) is 22.2. The van der Waals surface area contributed by atoms with Gasteiger partial charge in [-0.2, -0.15) is 0 Å². The van der Waals surface area contributed by atoms with Gasteiger partial charge >= 0.3 is 0 Å². The number of fused-ring (bicyclic) bond motifs is 11. The van der Waals surface area contributed by atoms with Crippen LogP contribution in [-0.4, -0.2) is 38.2 Å². The van der Waals surface area contributed by atoms with E-state index in [2.05, 4.69) is 348 Å². The van der Waals surface area contributed by atoms with Crippen molar-refractivity contribution in [1.29, 1.82) is 0 Å². The molecule has 0 bridgehead atoms. The lowest BCUT2D eigenvalue weighted by Gasteiger charge is -2.31. The minimum Gasteiger partial charge on any atom is -0.308 e. The first-order valence-corrected chi connectivity index (χ1v) is 53.7. The summed E-state index contributed by atoms with van der Waals surface area (Å²) in [7, 11) is -9.90. The van der Waals surface area contributed by atoms with Crippen LogP contribution in [0.15, 0.2) is 461 Å². The Morgan fingerprint density at radius 1 is 0.211 bits per heavy atom. The predicted octanol–water partition coefficient (Wildman–Crippen LogP) is 28.2. The van der Waals surface area contributed by atoms with Crippen LogP contribution < -0.4 is 47.7 Å². The second kappa shape index (κ2) is 34.4. The molecule has 4 aromatic heterocycles. The first kappa shape index (κ1) is 85.6. The van der Waals surface area contributed by atoms with Crippen molar-refractivity contribution in [1.82, 2.24) is 38.2 Å². The first-order valence-electron chi connectivity index (χ1n) is 48.6. The van der Waals surface area contributed by atoms with Crippen molar-refractivity contribution in [2.45, 2.75) is 40.0 Å². The van der Waals surface area contributed by atoms with Gasteiger partial charge in [-0.3, -0.25) is 18.3 Å². The molecule has 3 aliphatic heterocycles. The van der Waals surface area contributed by atoms with Crippen LogP contribution in [0.4, 0.5) is 0 Å². The third-order valence-corrected chi connectivity index (χ3v) is 38.4. The Bertz CT molecular complexity index is 9520. The molecule has 0 radical (unpaired) electrons. The van der Waals surface area contributed by atoms with Crippen LogP contribution in [0.25, 0.3) is 188 Å². The molecule has 7 heterocycles. The lowest BCUT2D eigenvalue weighted by molar-refractivity contribution is 0.591. The van der Waals surface area contributed by atoms with E-state index < -0.39 is 21.4 Å². The van der Waals surface area contributed by atoms with Gasteiger partial charge in [-0.05, 0) is 237 Å². The molecule has 3 atom stereocenters. The molecule has 28 rings (SSSR count). The topological polar surface area (TPSA) is 122 Å². The fraction of sp³-hybridized carbons (Fsp3) is 0.0469. The van der Waals surface area contributed by atoms with E-state index in [0.717, 1.165) is 224 Å². The highest BCUT2D eigenvalue weighted by Crippen LogP contribution is 2.57. The van der Waals surface area contributed by atoms with Gasteiger partial charge in [0, 0.05) is 62.3 Å². The summed E-state index contributed by atoms with van der Waals surface area (Å²) in [5, 5.41) is 17.3. The van der Waals surface area contributed by atoms with E-state index in [1.54, 1.807) is 0 Å². The zero-order valence-electron chi connectivity index (χ0n) is 78.1. The van der Waals surface area contributed by atoms with E-state index in [1.165, 1.54) is 48.8 Å². The molecule has 142 heavy (non-hydrogen) atoms. The van der Waals surface area contributed by atoms with Gasteiger partial charge in [0.05, 0.1) is 77.1 Å². The lowest BCUT2D eigenvalue weighted by Crippen LogP contribution is -2.34. The number of benzene rings is 21. The normalized spacial score (nSPS) is 15.3. The van der Waals surface area contributed by atoms with Crippen molar-refractivity contribution in [2.24, 2.45) is 0 Å². The van der Waals surface area contributed by atoms with E-state index in [4.69, 9.17) is 19.9 Å². The minimum atomic E-state index is -3.36. The number of para-hydroxylation sites is 6. The maximum absolute atomic E-state index is 16.3. The molecule has 11 nitrogen and oxygen atoms in total. The molecular formula is C128H91N8O3P3. The number of nitrogens with zero attached hydrogens (tertiary/aromatic N) is 8. The van der Waals surface area contributed by atoms with Crippen molar-refractivity contribution in [2.75, 3.05) is 0 Å². The van der Waals surface area contributed by atoms with Gasteiger partial charge in [0.25, 0.3) is 0 Å². The van der Waals surface area contributed by atoms with Gasteiger partial charge in [0.15, 0.2) is 21.4 Å². The first-order chi connectivity index (χ1) is 69.9. The van der Waals surface area contributed by atoms with E-state index in [0.29, 0.717) is 0 Å². The standard InChI is InChI=1S/C47H33N2OP.C41H29N2OP.C40H29N4OP/c1-2-45-48-42-25-24-41(47-46(42)49(45)43-18-10-11-19-44(43)51(47,50)40-16-4-3-5-17-40)39-29-37(35-22-20-31-12-6-8-14-33(31)26-35)28-38(30-39)36-23-21-32-13-7-9-15-34(32)27-36;1-2-39-42-36-23-22-35(41-40(36)43(39)37-14-8-9-15-38(37)45(41,44)34-12-4-3-5-13-34)33-21-20-31-25-30(18-19-32(31)26-33)29-17-16-27-10-6-7-11-28(27)24-29;1-2-37-41-33-26-25-31(39-38(33)44(37)35-19-11-12-20-36(35)46(39,45)30-15-7-4-8-16-30)27-21-23-28(24-22-27)40-42-32-17-9-10-18-34(32)43(40)29-13-5-3-6-14-29/h3-30H,2H2,1H3;3-26H,2H2,1H3;3-26H,2H2,1H3. The summed E-state index contributed by atoms with van der Waals surface area (Å²) in [6.45, 7) is 6.40. The van der Waals surface area contributed by atoms with Gasteiger partial charge < -0.3 is 13.7 Å². The summed E-state index contributed by atoms with van der Waals surface area (Å²) in [6, 6.07) is 160. The zero-order chi connectivity index (χ0) is 95.1. The summed E-state index contributed by atoms with van der Waals surface area (Å²) in [6.07, 6.45) is 2.31. The molecule has 25 aromatic rings.